The van der Waals surface area contributed by atoms with Gasteiger partial charge in [-0.25, -0.2) is 4.98 Å². The Balaban J connectivity index is 2.39. The molecular formula is C10H10N2S. The number of hydrogen-bond donors (Lipinski definition) is 0. The van der Waals surface area contributed by atoms with E-state index in [4.69, 9.17) is 0 Å². The van der Waals surface area contributed by atoms with Crippen LogP contribution in [0.3, 0.4) is 0 Å². The first-order valence-corrected chi connectivity index (χ1v) is 4.87. The van der Waals surface area contributed by atoms with E-state index in [1.807, 2.05) is 29.3 Å². The van der Waals surface area contributed by atoms with Crippen LogP contribution in [0.4, 0.5) is 0 Å². The van der Waals surface area contributed by atoms with E-state index in [1.54, 1.807) is 17.5 Å². The minimum absolute atomic E-state index is 0.933. The molecular weight excluding hydrogens is 180 g/mol. The predicted molar refractivity (Wildman–Crippen MR) is 55.7 cm³/mol. The van der Waals surface area contributed by atoms with E-state index in [9.17, 15) is 0 Å². The lowest BCUT2D eigenvalue weighted by atomic mass is 10.2. The fourth-order valence-corrected chi connectivity index (χ4v) is 1.91. The summed E-state index contributed by atoms with van der Waals surface area (Å²) >= 11 is 1.69. The van der Waals surface area contributed by atoms with Crippen LogP contribution in [0.25, 0.3) is 5.57 Å². The van der Waals surface area contributed by atoms with Gasteiger partial charge < -0.3 is 4.57 Å². The molecule has 0 aliphatic heterocycles. The van der Waals surface area contributed by atoms with Crippen LogP contribution < -0.4 is 0 Å². The summed E-state index contributed by atoms with van der Waals surface area (Å²) in [5.41, 5.74) is 0.988. The summed E-state index contributed by atoms with van der Waals surface area (Å²) < 4.78 is 1.97. The van der Waals surface area contributed by atoms with Gasteiger partial charge >= 0.3 is 0 Å². The van der Waals surface area contributed by atoms with Crippen molar-refractivity contribution >= 4 is 16.9 Å². The highest BCUT2D eigenvalue weighted by molar-refractivity contribution is 7.11. The second-order valence-electron chi connectivity index (χ2n) is 2.82. The molecule has 0 atom stereocenters. The molecule has 0 saturated carbocycles. The molecule has 0 unspecified atom stereocenters. The second-order valence-corrected chi connectivity index (χ2v) is 3.77. The molecule has 2 heterocycles. The molecule has 0 aromatic carbocycles. The van der Waals surface area contributed by atoms with E-state index in [0.29, 0.717) is 0 Å². The van der Waals surface area contributed by atoms with Crippen LogP contribution in [-0.4, -0.2) is 9.55 Å². The monoisotopic (exact) mass is 190 g/mol. The molecule has 2 aromatic heterocycles. The van der Waals surface area contributed by atoms with Gasteiger partial charge in [-0.1, -0.05) is 12.6 Å². The SMILES string of the molecule is C=C(c1cccs1)c1nccn1C. The summed E-state index contributed by atoms with van der Waals surface area (Å²) in [6, 6.07) is 4.08. The van der Waals surface area contributed by atoms with Crippen molar-refractivity contribution in [1.29, 1.82) is 0 Å². The van der Waals surface area contributed by atoms with Gasteiger partial charge in [0.2, 0.25) is 0 Å². The molecule has 0 amide bonds. The smallest absolute Gasteiger partial charge is 0.140 e. The number of thiophene rings is 1. The standard InChI is InChI=1S/C10H10N2S/c1-8(9-4-3-7-13-9)10-11-5-6-12(10)2/h3-7H,1H2,2H3. The zero-order chi connectivity index (χ0) is 9.26. The molecule has 0 N–H and O–H groups in total. The number of imidazole rings is 1. The molecule has 66 valence electrons. The van der Waals surface area contributed by atoms with Gasteiger partial charge in [-0.05, 0) is 11.4 Å². The maximum atomic E-state index is 4.24. The van der Waals surface area contributed by atoms with Gasteiger partial charge in [0.15, 0.2) is 0 Å². The van der Waals surface area contributed by atoms with Crippen molar-refractivity contribution in [2.45, 2.75) is 0 Å². The highest BCUT2D eigenvalue weighted by Crippen LogP contribution is 2.23. The Kier molecular flexibility index (Phi) is 2.02. The maximum absolute atomic E-state index is 4.24. The zero-order valence-electron chi connectivity index (χ0n) is 7.40. The van der Waals surface area contributed by atoms with Crippen molar-refractivity contribution < 1.29 is 0 Å². The zero-order valence-corrected chi connectivity index (χ0v) is 8.21. The van der Waals surface area contributed by atoms with Crippen molar-refractivity contribution in [1.82, 2.24) is 9.55 Å². The van der Waals surface area contributed by atoms with Crippen molar-refractivity contribution in [2.24, 2.45) is 7.05 Å². The predicted octanol–water partition coefficient (Wildman–Crippen LogP) is 2.54. The van der Waals surface area contributed by atoms with Gasteiger partial charge in [0.1, 0.15) is 5.82 Å². The van der Waals surface area contributed by atoms with Gasteiger partial charge in [0.25, 0.3) is 0 Å². The molecule has 0 spiro atoms. The van der Waals surface area contributed by atoms with E-state index >= 15 is 0 Å². The van der Waals surface area contributed by atoms with Gasteiger partial charge in [-0.2, -0.15) is 0 Å². The molecule has 2 aromatic rings. The molecule has 3 heteroatoms. The van der Waals surface area contributed by atoms with Crippen LogP contribution in [0.15, 0.2) is 36.5 Å². The first-order chi connectivity index (χ1) is 6.29. The number of nitrogens with zero attached hydrogens (tertiary/aromatic N) is 2. The quantitative estimate of drug-likeness (QED) is 0.711. The fraction of sp³-hybridized carbons (Fsp3) is 0.100. The van der Waals surface area contributed by atoms with Crippen molar-refractivity contribution in [3.8, 4) is 0 Å². The fourth-order valence-electron chi connectivity index (χ4n) is 1.22. The molecule has 0 bridgehead atoms. The second kappa shape index (κ2) is 3.18. The molecule has 0 aliphatic rings. The topological polar surface area (TPSA) is 17.8 Å². The Morgan fingerprint density at radius 2 is 2.46 bits per heavy atom. The average Bonchev–Trinajstić information content (AvgIpc) is 2.72. The third-order valence-electron chi connectivity index (χ3n) is 1.91. The lowest BCUT2D eigenvalue weighted by Gasteiger charge is -2.02. The minimum atomic E-state index is 0.933. The normalized spacial score (nSPS) is 10.2. The molecule has 0 fully saturated rings. The maximum Gasteiger partial charge on any atom is 0.140 e. The summed E-state index contributed by atoms with van der Waals surface area (Å²) in [4.78, 5) is 5.42. The van der Waals surface area contributed by atoms with Crippen LogP contribution in [0, 0.1) is 0 Å². The Bertz CT molecular complexity index is 412. The highest BCUT2D eigenvalue weighted by Gasteiger charge is 2.06. The third-order valence-corrected chi connectivity index (χ3v) is 2.84. The first kappa shape index (κ1) is 8.26. The van der Waals surface area contributed by atoms with Crippen LogP contribution in [0.1, 0.15) is 10.7 Å². The molecule has 2 nitrogen and oxygen atoms in total. The Hall–Kier alpha value is -1.35. The highest BCUT2D eigenvalue weighted by atomic mass is 32.1. The van der Waals surface area contributed by atoms with E-state index in [1.165, 1.54) is 4.88 Å². The van der Waals surface area contributed by atoms with E-state index in [0.717, 1.165) is 11.4 Å². The van der Waals surface area contributed by atoms with E-state index in [2.05, 4.69) is 17.6 Å². The third kappa shape index (κ3) is 1.42. The van der Waals surface area contributed by atoms with Crippen molar-refractivity contribution in [2.75, 3.05) is 0 Å². The summed E-state index contributed by atoms with van der Waals surface area (Å²) in [6.45, 7) is 4.03. The van der Waals surface area contributed by atoms with Gasteiger partial charge in [0.05, 0.1) is 0 Å². The molecule has 0 aliphatic carbocycles. The Morgan fingerprint density at radius 3 is 3.00 bits per heavy atom. The molecule has 13 heavy (non-hydrogen) atoms. The molecule has 0 saturated heterocycles. The summed E-state index contributed by atoms with van der Waals surface area (Å²) in [7, 11) is 1.97. The van der Waals surface area contributed by atoms with Gasteiger partial charge in [-0.3, -0.25) is 0 Å². The number of aromatic nitrogens is 2. The average molecular weight is 190 g/mol. The van der Waals surface area contributed by atoms with E-state index in [-0.39, 0.29) is 0 Å². The molecule has 0 radical (unpaired) electrons. The van der Waals surface area contributed by atoms with Crippen LogP contribution >= 0.6 is 11.3 Å². The van der Waals surface area contributed by atoms with E-state index < -0.39 is 0 Å². The van der Waals surface area contributed by atoms with Crippen LogP contribution in [0.5, 0.6) is 0 Å². The molecule has 2 rings (SSSR count). The lowest BCUT2D eigenvalue weighted by Crippen LogP contribution is -1.95. The Labute approximate surface area is 81.2 Å². The Morgan fingerprint density at radius 1 is 1.62 bits per heavy atom. The minimum Gasteiger partial charge on any atom is -0.334 e. The largest absolute Gasteiger partial charge is 0.334 e. The van der Waals surface area contributed by atoms with Crippen LogP contribution in [0.2, 0.25) is 0 Å². The first-order valence-electron chi connectivity index (χ1n) is 3.99. The lowest BCUT2D eigenvalue weighted by molar-refractivity contribution is 0.892. The number of aryl methyl sites for hydroxylation is 1. The van der Waals surface area contributed by atoms with Gasteiger partial charge in [0, 0.05) is 29.9 Å². The van der Waals surface area contributed by atoms with Crippen molar-refractivity contribution in [3.63, 3.8) is 0 Å². The summed E-state index contributed by atoms with van der Waals surface area (Å²) in [5.74, 6) is 0.933. The van der Waals surface area contributed by atoms with Gasteiger partial charge in [-0.15, -0.1) is 11.3 Å². The van der Waals surface area contributed by atoms with Crippen molar-refractivity contribution in [3.05, 3.63) is 47.2 Å². The van der Waals surface area contributed by atoms with Crippen LogP contribution in [-0.2, 0) is 7.05 Å². The number of rotatable bonds is 2. The summed E-state index contributed by atoms with van der Waals surface area (Å²) in [5, 5.41) is 2.05. The summed E-state index contributed by atoms with van der Waals surface area (Å²) in [6.07, 6.45) is 3.71. The number of hydrogen-bond acceptors (Lipinski definition) is 2.